The topological polar surface area (TPSA) is 240 Å². The fraction of sp³-hybridized carbons (Fsp3) is 0.255. The predicted octanol–water partition coefficient (Wildman–Crippen LogP) is 6.05. The van der Waals surface area contributed by atoms with Gasteiger partial charge in [-0.25, -0.2) is 28.6 Å². The van der Waals surface area contributed by atoms with Crippen molar-refractivity contribution in [3.05, 3.63) is 130 Å². The molecular weight excluding hydrogens is 921 g/mol. The number of fused-ring (bicyclic) bond motifs is 3. The molecule has 0 spiro atoms. The number of hydrogen-bond donors (Lipinski definition) is 8. The number of nitrogens with one attached hydrogen (secondary N) is 5. The molecule has 5 unspecified atom stereocenters. The Hall–Kier alpha value is -7.03. The molecule has 6 heterocycles. The lowest BCUT2D eigenvalue weighted by Crippen LogP contribution is -2.70. The molecule has 5 atom stereocenters. The molecule has 4 aliphatic heterocycles. The van der Waals surface area contributed by atoms with Crippen molar-refractivity contribution >= 4 is 75.3 Å². The van der Waals surface area contributed by atoms with Gasteiger partial charge < -0.3 is 37.5 Å². The zero-order valence-corrected chi connectivity index (χ0v) is 37.5. The fourth-order valence-electron chi connectivity index (χ4n) is 9.83. The molecule has 3 amide bonds. The number of carbonyl (C=O) groups excluding carboxylic acids is 4. The Balaban J connectivity index is 0.842. The van der Waals surface area contributed by atoms with Crippen molar-refractivity contribution in [3.8, 4) is 22.3 Å². The number of ether oxygens (including phenoxy) is 1. The van der Waals surface area contributed by atoms with Gasteiger partial charge in [0.2, 0.25) is 11.3 Å². The molecule has 350 valence electrons. The monoisotopic (exact) mass is 964 g/mol. The first-order valence-electron chi connectivity index (χ1n) is 21.8. The molecule has 11 N–H and O–H groups in total. The second-order valence-corrected chi connectivity index (χ2v) is 18.3. The first-order valence-corrected chi connectivity index (χ1v) is 22.6. The number of hydrazine groups is 2. The lowest BCUT2D eigenvalue weighted by molar-refractivity contribution is -0.125. The average molecular weight is 966 g/mol. The second kappa shape index (κ2) is 17.2. The van der Waals surface area contributed by atoms with Gasteiger partial charge in [0.1, 0.15) is 29.1 Å². The minimum Gasteiger partial charge on any atom is -0.457 e. The van der Waals surface area contributed by atoms with Gasteiger partial charge >= 0.3 is 5.97 Å². The average Bonchev–Trinajstić information content (AvgIpc) is 4.04. The normalized spacial score (nSPS) is 23.3. The molecule has 2 aromatic heterocycles. The molecule has 0 aliphatic carbocycles. The third-order valence-electron chi connectivity index (χ3n) is 13.1. The van der Waals surface area contributed by atoms with Crippen molar-refractivity contribution in [1.82, 2.24) is 24.8 Å². The third kappa shape index (κ3) is 8.04. The number of halogens is 4. The summed E-state index contributed by atoms with van der Waals surface area (Å²) >= 11 is 12.3. The SMILES string of the molecule is NC(=O)C1(C2CC(OC(=O)c3cn4c(C(=O)NN5CCCCC5C5(C(N)=O)Nc6ccc(-c7cc(F)cc(Cl)c7)cc6N5)cccc4n3)CCN2N)Nc2ccc(-c3cc(F)cc(Cl)c3)cc2N1. The molecule has 2 saturated heterocycles. The van der Waals surface area contributed by atoms with Crippen LogP contribution in [0, 0.1) is 11.6 Å². The van der Waals surface area contributed by atoms with Gasteiger partial charge in [-0.2, -0.15) is 0 Å². The number of esters is 1. The Morgan fingerprint density at radius 1 is 0.706 bits per heavy atom. The van der Waals surface area contributed by atoms with E-state index < -0.39 is 64.8 Å². The van der Waals surface area contributed by atoms with Crippen LogP contribution in [0.15, 0.2) is 97.2 Å². The van der Waals surface area contributed by atoms with Crippen LogP contribution in [0.1, 0.15) is 53.1 Å². The number of carbonyl (C=O) groups is 4. The molecule has 4 aromatic carbocycles. The highest BCUT2D eigenvalue weighted by Gasteiger charge is 2.54. The second-order valence-electron chi connectivity index (χ2n) is 17.4. The van der Waals surface area contributed by atoms with Gasteiger partial charge in [0, 0.05) is 35.8 Å². The summed E-state index contributed by atoms with van der Waals surface area (Å²) in [6.07, 6.45) is 3.04. The number of nitrogens with zero attached hydrogens (tertiary/aromatic N) is 4. The van der Waals surface area contributed by atoms with Gasteiger partial charge in [-0.3, -0.25) is 30.1 Å². The molecule has 0 saturated carbocycles. The minimum absolute atomic E-state index is 0.0726. The number of hydrogen-bond acceptors (Lipinski definition) is 13. The quantitative estimate of drug-likeness (QED) is 0.0577. The highest BCUT2D eigenvalue weighted by Crippen LogP contribution is 2.43. The zero-order valence-electron chi connectivity index (χ0n) is 36.0. The molecule has 2 fully saturated rings. The van der Waals surface area contributed by atoms with Gasteiger partial charge in [0.15, 0.2) is 5.69 Å². The van der Waals surface area contributed by atoms with Gasteiger partial charge in [-0.1, -0.05) is 47.8 Å². The highest BCUT2D eigenvalue weighted by atomic mass is 35.5. The Labute approximate surface area is 397 Å². The standard InChI is InChI=1S/C47H44Cl2F2N12O5/c48-28-14-26(16-30(50)20-28)24-7-9-33-35(18-24)58-46(56-33,44(52)66)39-5-1-2-12-63(39)60-42(64)38-4-3-6-41-55-37(23-61(38)41)43(65)68-32-11-13-62(54)40(22-32)47(45(53)67)57-34-10-8-25(19-36(34)59-47)27-15-29(49)21-31(51)17-27/h3-4,6-10,14-21,23,32,39-40,56-59H,1-2,5,11-13,22,54H2,(H2,52,66)(H2,53,67)(H,60,64). The molecule has 10 rings (SSSR count). The molecule has 4 aliphatic rings. The van der Waals surface area contributed by atoms with E-state index in [9.17, 15) is 28.0 Å². The van der Waals surface area contributed by atoms with Gasteiger partial charge in [-0.15, -0.1) is 0 Å². The number of rotatable bonds is 10. The molecule has 0 bridgehead atoms. The maximum atomic E-state index is 14.3. The number of pyridine rings is 1. The summed E-state index contributed by atoms with van der Waals surface area (Å²) in [6, 6.07) is 22.3. The Bertz CT molecular complexity index is 3030. The van der Waals surface area contributed by atoms with Crippen molar-refractivity contribution in [3.63, 3.8) is 0 Å². The Kier molecular flexibility index (Phi) is 11.4. The van der Waals surface area contributed by atoms with E-state index in [1.54, 1.807) is 71.7 Å². The summed E-state index contributed by atoms with van der Waals surface area (Å²) in [7, 11) is 0. The number of anilines is 4. The number of imidazole rings is 1. The summed E-state index contributed by atoms with van der Waals surface area (Å²) in [6.45, 7) is 0.620. The number of amides is 3. The van der Waals surface area contributed by atoms with Crippen molar-refractivity contribution in [2.45, 2.75) is 61.6 Å². The lowest BCUT2D eigenvalue weighted by atomic mass is 9.89. The van der Waals surface area contributed by atoms with Crippen LogP contribution in [0.5, 0.6) is 0 Å². The summed E-state index contributed by atoms with van der Waals surface area (Å²) in [5, 5.41) is 16.6. The maximum Gasteiger partial charge on any atom is 0.358 e. The summed E-state index contributed by atoms with van der Waals surface area (Å²) in [5.74, 6) is 2.75. The zero-order chi connectivity index (χ0) is 47.6. The van der Waals surface area contributed by atoms with E-state index in [0.29, 0.717) is 70.8 Å². The van der Waals surface area contributed by atoms with Crippen LogP contribution in [-0.4, -0.2) is 85.7 Å². The van der Waals surface area contributed by atoms with Crippen LogP contribution < -0.4 is 44.0 Å². The smallest absolute Gasteiger partial charge is 0.358 e. The van der Waals surface area contributed by atoms with Crippen molar-refractivity contribution in [2.24, 2.45) is 17.3 Å². The van der Waals surface area contributed by atoms with Crippen LogP contribution in [0.25, 0.3) is 27.9 Å². The van der Waals surface area contributed by atoms with E-state index in [2.05, 4.69) is 31.7 Å². The summed E-state index contributed by atoms with van der Waals surface area (Å²) in [5.41, 5.74) is 17.0. The Morgan fingerprint density at radius 3 is 1.88 bits per heavy atom. The van der Waals surface area contributed by atoms with Crippen molar-refractivity contribution < 1.29 is 32.7 Å². The number of benzene rings is 4. The van der Waals surface area contributed by atoms with Crippen molar-refractivity contribution in [2.75, 3.05) is 34.4 Å². The number of primary amides is 2. The largest absolute Gasteiger partial charge is 0.457 e. The van der Waals surface area contributed by atoms with E-state index in [1.165, 1.54) is 39.9 Å². The van der Waals surface area contributed by atoms with Crippen LogP contribution >= 0.6 is 23.2 Å². The number of nitrogens with two attached hydrogens (primary N) is 3. The first kappa shape index (κ1) is 44.8. The lowest BCUT2D eigenvalue weighted by Gasteiger charge is -2.44. The van der Waals surface area contributed by atoms with Gasteiger partial charge in [0.25, 0.3) is 17.7 Å². The molecule has 21 heteroatoms. The van der Waals surface area contributed by atoms with Crippen molar-refractivity contribution in [1.29, 1.82) is 0 Å². The highest BCUT2D eigenvalue weighted by molar-refractivity contribution is 6.31. The molecule has 6 aromatic rings. The summed E-state index contributed by atoms with van der Waals surface area (Å²) < 4.78 is 36.0. The van der Waals surface area contributed by atoms with Crippen LogP contribution in [0.4, 0.5) is 31.5 Å². The molecular formula is C47H44Cl2F2N12O5. The first-order chi connectivity index (χ1) is 32.6. The number of aromatic nitrogens is 2. The van der Waals surface area contributed by atoms with E-state index >= 15 is 0 Å². The van der Waals surface area contributed by atoms with E-state index in [-0.39, 0.29) is 40.0 Å². The van der Waals surface area contributed by atoms with Crippen LogP contribution in [-0.2, 0) is 14.3 Å². The summed E-state index contributed by atoms with van der Waals surface area (Å²) in [4.78, 5) is 59.3. The molecule has 17 nitrogen and oxygen atoms in total. The van der Waals surface area contributed by atoms with Gasteiger partial charge in [0.05, 0.1) is 34.8 Å². The molecule has 0 radical (unpaired) electrons. The third-order valence-corrected chi connectivity index (χ3v) is 13.5. The van der Waals surface area contributed by atoms with Crippen LogP contribution in [0.3, 0.4) is 0 Å². The Morgan fingerprint density at radius 2 is 1.29 bits per heavy atom. The van der Waals surface area contributed by atoms with E-state index in [4.69, 9.17) is 45.2 Å². The minimum atomic E-state index is -1.62. The maximum absolute atomic E-state index is 14.3. The molecule has 68 heavy (non-hydrogen) atoms. The van der Waals surface area contributed by atoms with Crippen LogP contribution in [0.2, 0.25) is 10.0 Å². The van der Waals surface area contributed by atoms with E-state index in [1.807, 2.05) is 0 Å². The number of piperidine rings is 2. The van der Waals surface area contributed by atoms with E-state index in [0.717, 1.165) is 6.42 Å². The van der Waals surface area contributed by atoms with Gasteiger partial charge in [-0.05, 0) is 114 Å². The fourth-order valence-corrected chi connectivity index (χ4v) is 10.3. The predicted molar refractivity (Wildman–Crippen MR) is 252 cm³/mol.